The van der Waals surface area contributed by atoms with Crippen LogP contribution in [0.25, 0.3) is 0 Å². The molecule has 2 aliphatic rings. The van der Waals surface area contributed by atoms with Crippen molar-refractivity contribution in [3.63, 3.8) is 0 Å². The van der Waals surface area contributed by atoms with Gasteiger partial charge in [-0.1, -0.05) is 0 Å². The second kappa shape index (κ2) is 5.50. The summed E-state index contributed by atoms with van der Waals surface area (Å²) in [7, 11) is -2.99. The number of fused-ring (bicyclic) bond motifs is 1. The van der Waals surface area contributed by atoms with E-state index in [0.717, 1.165) is 36.3 Å². The molecule has 3 rings (SSSR count). The quantitative estimate of drug-likeness (QED) is 0.921. The fourth-order valence-corrected chi connectivity index (χ4v) is 4.24. The van der Waals surface area contributed by atoms with Crippen LogP contribution >= 0.6 is 0 Å². The van der Waals surface area contributed by atoms with E-state index in [1.165, 1.54) is 6.26 Å². The zero-order valence-electron chi connectivity index (χ0n) is 12.1. The van der Waals surface area contributed by atoms with Gasteiger partial charge in [-0.3, -0.25) is 0 Å². The Balaban J connectivity index is 1.69. The van der Waals surface area contributed by atoms with Crippen molar-refractivity contribution in [2.75, 3.05) is 12.9 Å². The second-order valence-corrected chi connectivity index (χ2v) is 8.30. The summed E-state index contributed by atoms with van der Waals surface area (Å²) in [4.78, 5) is 0. The molecule has 21 heavy (non-hydrogen) atoms. The molecule has 5 nitrogen and oxygen atoms in total. The van der Waals surface area contributed by atoms with E-state index in [1.807, 2.05) is 18.2 Å². The molecule has 1 saturated carbocycles. The minimum absolute atomic E-state index is 0.0494. The minimum Gasteiger partial charge on any atom is -0.491 e. The van der Waals surface area contributed by atoms with Crippen molar-refractivity contribution >= 4 is 9.84 Å². The first-order chi connectivity index (χ1) is 9.93. The van der Waals surface area contributed by atoms with Crippen LogP contribution in [0.2, 0.25) is 0 Å². The van der Waals surface area contributed by atoms with Crippen LogP contribution in [0.1, 0.15) is 37.3 Å². The van der Waals surface area contributed by atoms with Gasteiger partial charge >= 0.3 is 0 Å². The van der Waals surface area contributed by atoms with E-state index in [0.29, 0.717) is 13.0 Å². The SMILES string of the molecule is CS(=O)(=O)C1CCCC(Oc2ccc3c(c2)OCC3N)C1. The van der Waals surface area contributed by atoms with Crippen molar-refractivity contribution in [1.82, 2.24) is 0 Å². The monoisotopic (exact) mass is 311 g/mol. The third kappa shape index (κ3) is 3.16. The Hall–Kier alpha value is -1.27. The Morgan fingerprint density at radius 2 is 2.14 bits per heavy atom. The van der Waals surface area contributed by atoms with Crippen molar-refractivity contribution in [2.45, 2.75) is 43.1 Å². The summed E-state index contributed by atoms with van der Waals surface area (Å²) in [5.74, 6) is 1.50. The molecule has 1 fully saturated rings. The number of hydrogen-bond donors (Lipinski definition) is 1. The largest absolute Gasteiger partial charge is 0.491 e. The summed E-state index contributed by atoms with van der Waals surface area (Å²) >= 11 is 0. The smallest absolute Gasteiger partial charge is 0.150 e. The normalized spacial score (nSPS) is 28.8. The Kier molecular flexibility index (Phi) is 3.84. The Morgan fingerprint density at radius 3 is 2.90 bits per heavy atom. The average molecular weight is 311 g/mol. The predicted molar refractivity (Wildman–Crippen MR) is 80.4 cm³/mol. The highest BCUT2D eigenvalue weighted by Gasteiger charge is 2.30. The Bertz CT molecular complexity index is 629. The van der Waals surface area contributed by atoms with Crippen molar-refractivity contribution in [2.24, 2.45) is 5.73 Å². The Morgan fingerprint density at radius 1 is 1.33 bits per heavy atom. The van der Waals surface area contributed by atoms with Crippen LogP contribution < -0.4 is 15.2 Å². The molecule has 2 N–H and O–H groups in total. The van der Waals surface area contributed by atoms with Gasteiger partial charge in [0.15, 0.2) is 0 Å². The van der Waals surface area contributed by atoms with Crippen LogP contribution in [-0.2, 0) is 9.84 Å². The number of sulfone groups is 1. The van der Waals surface area contributed by atoms with E-state index in [2.05, 4.69) is 0 Å². The van der Waals surface area contributed by atoms with E-state index >= 15 is 0 Å². The molecule has 3 unspecified atom stereocenters. The number of ether oxygens (including phenoxy) is 2. The van der Waals surface area contributed by atoms with Gasteiger partial charge in [-0.15, -0.1) is 0 Å². The molecule has 1 aliphatic heterocycles. The van der Waals surface area contributed by atoms with Gasteiger partial charge in [0, 0.05) is 24.3 Å². The van der Waals surface area contributed by atoms with Gasteiger partial charge in [-0.25, -0.2) is 8.42 Å². The summed E-state index contributed by atoms with van der Waals surface area (Å²) in [5.41, 5.74) is 6.91. The molecular formula is C15H21NO4S. The van der Waals surface area contributed by atoms with E-state index in [-0.39, 0.29) is 17.4 Å². The molecule has 0 aromatic heterocycles. The molecule has 0 bridgehead atoms. The number of hydrogen-bond acceptors (Lipinski definition) is 5. The van der Waals surface area contributed by atoms with Crippen molar-refractivity contribution in [3.05, 3.63) is 23.8 Å². The lowest BCUT2D eigenvalue weighted by atomic mass is 9.97. The van der Waals surface area contributed by atoms with E-state index < -0.39 is 9.84 Å². The van der Waals surface area contributed by atoms with E-state index in [1.54, 1.807) is 0 Å². The van der Waals surface area contributed by atoms with Gasteiger partial charge in [0.25, 0.3) is 0 Å². The summed E-state index contributed by atoms with van der Waals surface area (Å²) < 4.78 is 34.8. The van der Waals surface area contributed by atoms with Crippen LogP contribution in [0.5, 0.6) is 11.5 Å². The first-order valence-electron chi connectivity index (χ1n) is 7.31. The highest BCUT2D eigenvalue weighted by Crippen LogP contribution is 2.35. The average Bonchev–Trinajstić information content (AvgIpc) is 2.79. The fourth-order valence-electron chi connectivity index (χ4n) is 3.08. The molecular weight excluding hydrogens is 290 g/mol. The summed E-state index contributed by atoms with van der Waals surface area (Å²) in [6.45, 7) is 0.498. The highest BCUT2D eigenvalue weighted by molar-refractivity contribution is 7.91. The maximum Gasteiger partial charge on any atom is 0.150 e. The number of rotatable bonds is 3. The van der Waals surface area contributed by atoms with Gasteiger partial charge < -0.3 is 15.2 Å². The molecule has 1 heterocycles. The van der Waals surface area contributed by atoms with Gasteiger partial charge in [-0.05, 0) is 31.4 Å². The lowest BCUT2D eigenvalue weighted by Crippen LogP contribution is -2.33. The van der Waals surface area contributed by atoms with Crippen LogP contribution in [-0.4, -0.2) is 32.6 Å². The lowest BCUT2D eigenvalue weighted by molar-refractivity contribution is 0.156. The second-order valence-electron chi connectivity index (χ2n) is 5.98. The van der Waals surface area contributed by atoms with Crippen molar-refractivity contribution in [3.8, 4) is 11.5 Å². The van der Waals surface area contributed by atoms with E-state index in [9.17, 15) is 8.42 Å². The molecule has 1 aromatic rings. The van der Waals surface area contributed by atoms with Crippen LogP contribution in [0.4, 0.5) is 0 Å². The van der Waals surface area contributed by atoms with Crippen LogP contribution in [0.3, 0.4) is 0 Å². The van der Waals surface area contributed by atoms with Crippen molar-refractivity contribution < 1.29 is 17.9 Å². The zero-order valence-corrected chi connectivity index (χ0v) is 12.9. The molecule has 0 amide bonds. The van der Waals surface area contributed by atoms with Crippen molar-refractivity contribution in [1.29, 1.82) is 0 Å². The lowest BCUT2D eigenvalue weighted by Gasteiger charge is -2.28. The zero-order chi connectivity index (χ0) is 15.0. The molecule has 0 spiro atoms. The molecule has 3 atom stereocenters. The molecule has 1 aliphatic carbocycles. The number of nitrogens with two attached hydrogens (primary N) is 1. The molecule has 0 radical (unpaired) electrons. The number of benzene rings is 1. The fraction of sp³-hybridized carbons (Fsp3) is 0.600. The standard InChI is InChI=1S/C15H21NO4S/c1-21(17,18)12-4-2-3-10(7-12)20-11-5-6-13-14(16)9-19-15(13)8-11/h5-6,8,10,12,14H,2-4,7,9,16H2,1H3. The van der Waals surface area contributed by atoms with Gasteiger partial charge in [-0.2, -0.15) is 0 Å². The maximum atomic E-state index is 11.7. The summed E-state index contributed by atoms with van der Waals surface area (Å²) in [6.07, 6.45) is 4.34. The predicted octanol–water partition coefficient (Wildman–Crippen LogP) is 1.81. The summed E-state index contributed by atoms with van der Waals surface area (Å²) in [6, 6.07) is 5.60. The Labute approximate surface area is 125 Å². The van der Waals surface area contributed by atoms with Gasteiger partial charge in [0.1, 0.15) is 27.9 Å². The van der Waals surface area contributed by atoms with Gasteiger partial charge in [0.05, 0.1) is 17.4 Å². The third-order valence-electron chi connectivity index (χ3n) is 4.29. The van der Waals surface area contributed by atoms with Crippen LogP contribution in [0, 0.1) is 0 Å². The topological polar surface area (TPSA) is 78.6 Å². The maximum absolute atomic E-state index is 11.7. The first kappa shape index (κ1) is 14.7. The molecule has 6 heteroatoms. The van der Waals surface area contributed by atoms with E-state index in [4.69, 9.17) is 15.2 Å². The molecule has 0 saturated heterocycles. The van der Waals surface area contributed by atoms with Gasteiger partial charge in [0.2, 0.25) is 0 Å². The first-order valence-corrected chi connectivity index (χ1v) is 9.27. The minimum atomic E-state index is -2.99. The molecule has 1 aromatic carbocycles. The van der Waals surface area contributed by atoms with Crippen LogP contribution in [0.15, 0.2) is 18.2 Å². The summed E-state index contributed by atoms with van der Waals surface area (Å²) in [5, 5.41) is -0.282. The molecule has 116 valence electrons. The third-order valence-corrected chi connectivity index (χ3v) is 5.93. The highest BCUT2D eigenvalue weighted by atomic mass is 32.2.